The lowest BCUT2D eigenvalue weighted by Crippen LogP contribution is -2.59. The first-order valence-corrected chi connectivity index (χ1v) is 7.06. The molecular formula is C14H29N3O. The van der Waals surface area contributed by atoms with Crippen molar-refractivity contribution in [1.29, 1.82) is 0 Å². The van der Waals surface area contributed by atoms with Crippen molar-refractivity contribution < 1.29 is 4.79 Å². The van der Waals surface area contributed by atoms with E-state index in [9.17, 15) is 4.79 Å². The molecule has 0 saturated carbocycles. The highest BCUT2D eigenvalue weighted by Crippen LogP contribution is 2.30. The fourth-order valence-electron chi connectivity index (χ4n) is 2.70. The van der Waals surface area contributed by atoms with Crippen molar-refractivity contribution in [3.05, 3.63) is 0 Å². The van der Waals surface area contributed by atoms with Crippen molar-refractivity contribution in [1.82, 2.24) is 10.2 Å². The number of carbonyl (C=O) groups is 1. The van der Waals surface area contributed by atoms with Crippen LogP contribution in [-0.4, -0.2) is 42.5 Å². The van der Waals surface area contributed by atoms with Gasteiger partial charge in [0.2, 0.25) is 5.91 Å². The molecule has 1 atom stereocenters. The van der Waals surface area contributed by atoms with Crippen LogP contribution in [0.2, 0.25) is 0 Å². The molecule has 0 radical (unpaired) electrons. The second kappa shape index (κ2) is 6.02. The molecule has 0 bridgehead atoms. The number of carbonyl (C=O) groups excluding carboxylic acids is 1. The Bertz CT molecular complexity index is 291. The Hall–Kier alpha value is -0.610. The third kappa shape index (κ3) is 4.25. The van der Waals surface area contributed by atoms with Gasteiger partial charge < -0.3 is 16.0 Å². The van der Waals surface area contributed by atoms with Gasteiger partial charge in [0.1, 0.15) is 5.54 Å². The first-order chi connectivity index (χ1) is 8.29. The molecule has 106 valence electrons. The second-order valence-electron chi connectivity index (χ2n) is 6.52. The maximum absolute atomic E-state index is 11.6. The minimum atomic E-state index is -0.608. The number of likely N-dealkylation sites (tertiary alicyclic amines) is 1. The number of likely N-dealkylation sites (N-methyl/N-ethyl adjacent to an activating group) is 1. The van der Waals surface area contributed by atoms with Crippen molar-refractivity contribution in [3.63, 3.8) is 0 Å². The van der Waals surface area contributed by atoms with E-state index in [-0.39, 0.29) is 5.91 Å². The lowest BCUT2D eigenvalue weighted by atomic mass is 9.85. The zero-order valence-electron chi connectivity index (χ0n) is 12.4. The minimum Gasteiger partial charge on any atom is -0.368 e. The molecule has 1 aliphatic heterocycles. The molecule has 3 N–H and O–H groups in total. The summed E-state index contributed by atoms with van der Waals surface area (Å²) >= 11 is 0. The number of hydrogen-bond donors (Lipinski definition) is 2. The molecule has 4 heteroatoms. The van der Waals surface area contributed by atoms with Gasteiger partial charge in [-0.25, -0.2) is 0 Å². The molecule has 0 aromatic carbocycles. The maximum atomic E-state index is 11.6. The van der Waals surface area contributed by atoms with Crippen molar-refractivity contribution >= 4 is 5.91 Å². The highest BCUT2D eigenvalue weighted by atomic mass is 16.1. The fraction of sp³-hybridized carbons (Fsp3) is 0.929. The van der Waals surface area contributed by atoms with Crippen molar-refractivity contribution in [2.75, 3.05) is 26.2 Å². The molecule has 0 aromatic rings. The van der Waals surface area contributed by atoms with Gasteiger partial charge in [0.15, 0.2) is 0 Å². The first-order valence-electron chi connectivity index (χ1n) is 7.06. The summed E-state index contributed by atoms with van der Waals surface area (Å²) in [6, 6.07) is 0. The molecule has 1 aliphatic rings. The van der Waals surface area contributed by atoms with Gasteiger partial charge >= 0.3 is 0 Å². The van der Waals surface area contributed by atoms with Crippen LogP contribution in [0.15, 0.2) is 0 Å². The van der Waals surface area contributed by atoms with Gasteiger partial charge in [-0.2, -0.15) is 0 Å². The van der Waals surface area contributed by atoms with Crippen LogP contribution in [-0.2, 0) is 4.79 Å². The number of nitrogens with zero attached hydrogens (tertiary/aromatic N) is 1. The smallest absolute Gasteiger partial charge is 0.238 e. The van der Waals surface area contributed by atoms with Gasteiger partial charge in [-0.1, -0.05) is 20.8 Å². The first kappa shape index (κ1) is 15.4. The molecule has 1 saturated heterocycles. The summed E-state index contributed by atoms with van der Waals surface area (Å²) in [7, 11) is 0. The summed E-state index contributed by atoms with van der Waals surface area (Å²) in [4.78, 5) is 14.0. The number of nitrogens with two attached hydrogens (primary N) is 1. The molecular weight excluding hydrogens is 226 g/mol. The lowest BCUT2D eigenvalue weighted by molar-refractivity contribution is -0.124. The van der Waals surface area contributed by atoms with Crippen molar-refractivity contribution in [2.24, 2.45) is 11.1 Å². The number of rotatable bonds is 5. The quantitative estimate of drug-likeness (QED) is 0.779. The van der Waals surface area contributed by atoms with Gasteiger partial charge in [0.05, 0.1) is 0 Å². The largest absolute Gasteiger partial charge is 0.368 e. The SMILES string of the molecule is CCNC(C)(CN1CCCC(C)(C)CC1)C(N)=O. The lowest BCUT2D eigenvalue weighted by Gasteiger charge is -2.33. The summed E-state index contributed by atoms with van der Waals surface area (Å²) in [5.74, 6) is -0.257. The van der Waals surface area contributed by atoms with Crippen LogP contribution in [0.3, 0.4) is 0 Å². The molecule has 0 spiro atoms. The zero-order valence-corrected chi connectivity index (χ0v) is 12.4. The molecule has 1 amide bonds. The van der Waals surface area contributed by atoms with Gasteiger partial charge in [0, 0.05) is 6.54 Å². The van der Waals surface area contributed by atoms with Crippen LogP contribution in [0.25, 0.3) is 0 Å². The summed E-state index contributed by atoms with van der Waals surface area (Å²) in [5, 5.41) is 3.23. The number of primary amides is 1. The molecule has 18 heavy (non-hydrogen) atoms. The van der Waals surface area contributed by atoms with Gasteiger partial charge in [-0.3, -0.25) is 4.79 Å². The Morgan fingerprint density at radius 3 is 2.61 bits per heavy atom. The van der Waals surface area contributed by atoms with E-state index in [2.05, 4.69) is 24.1 Å². The predicted octanol–water partition coefficient (Wildman–Crippen LogP) is 1.35. The van der Waals surface area contributed by atoms with E-state index >= 15 is 0 Å². The standard InChI is InChI=1S/C14H29N3O/c1-5-16-14(4,12(15)18)11-17-9-6-7-13(2,3)8-10-17/h16H,5-11H2,1-4H3,(H2,15,18). The highest BCUT2D eigenvalue weighted by Gasteiger charge is 2.33. The Morgan fingerprint density at radius 1 is 1.39 bits per heavy atom. The predicted molar refractivity (Wildman–Crippen MR) is 75.3 cm³/mol. The topological polar surface area (TPSA) is 58.4 Å². The summed E-state index contributed by atoms with van der Waals surface area (Å²) in [6.07, 6.45) is 3.65. The van der Waals surface area contributed by atoms with Gasteiger partial charge in [0.25, 0.3) is 0 Å². The minimum absolute atomic E-state index is 0.257. The summed E-state index contributed by atoms with van der Waals surface area (Å²) < 4.78 is 0. The van der Waals surface area contributed by atoms with Gasteiger partial charge in [-0.05, 0) is 51.2 Å². The average Bonchev–Trinajstić information content (AvgIpc) is 2.40. The maximum Gasteiger partial charge on any atom is 0.238 e. The van der Waals surface area contributed by atoms with Crippen LogP contribution in [0.1, 0.15) is 47.0 Å². The van der Waals surface area contributed by atoms with Gasteiger partial charge in [-0.15, -0.1) is 0 Å². The molecule has 1 rings (SSSR count). The van der Waals surface area contributed by atoms with E-state index in [1.165, 1.54) is 19.3 Å². The van der Waals surface area contributed by atoms with Crippen molar-refractivity contribution in [2.45, 2.75) is 52.5 Å². The third-order valence-corrected chi connectivity index (χ3v) is 4.08. The van der Waals surface area contributed by atoms with Crippen LogP contribution in [0, 0.1) is 5.41 Å². The van der Waals surface area contributed by atoms with E-state index in [4.69, 9.17) is 5.73 Å². The van der Waals surface area contributed by atoms with Crippen LogP contribution < -0.4 is 11.1 Å². The monoisotopic (exact) mass is 255 g/mol. The Balaban J connectivity index is 2.62. The van der Waals surface area contributed by atoms with E-state index < -0.39 is 5.54 Å². The number of hydrogen-bond acceptors (Lipinski definition) is 3. The Morgan fingerprint density at radius 2 is 2.06 bits per heavy atom. The van der Waals surface area contributed by atoms with Crippen molar-refractivity contribution in [3.8, 4) is 0 Å². The Labute approximate surface area is 111 Å². The molecule has 1 heterocycles. The normalized spacial score (nSPS) is 24.2. The summed E-state index contributed by atoms with van der Waals surface area (Å²) in [6.45, 7) is 12.2. The molecule has 0 aromatic heterocycles. The van der Waals surface area contributed by atoms with E-state index in [0.717, 1.165) is 19.6 Å². The number of amides is 1. The van der Waals surface area contributed by atoms with E-state index in [1.54, 1.807) is 0 Å². The second-order valence-corrected chi connectivity index (χ2v) is 6.52. The van der Waals surface area contributed by atoms with Crippen LogP contribution in [0.5, 0.6) is 0 Å². The fourth-order valence-corrected chi connectivity index (χ4v) is 2.70. The van der Waals surface area contributed by atoms with Crippen LogP contribution >= 0.6 is 0 Å². The number of nitrogens with one attached hydrogen (secondary N) is 1. The molecule has 1 unspecified atom stereocenters. The average molecular weight is 255 g/mol. The van der Waals surface area contributed by atoms with Crippen LogP contribution in [0.4, 0.5) is 0 Å². The summed E-state index contributed by atoms with van der Waals surface area (Å²) in [5.41, 5.74) is 5.36. The molecule has 0 aliphatic carbocycles. The van der Waals surface area contributed by atoms with E-state index in [0.29, 0.717) is 12.0 Å². The molecule has 1 fully saturated rings. The third-order valence-electron chi connectivity index (χ3n) is 4.08. The van der Waals surface area contributed by atoms with E-state index in [1.807, 2.05) is 13.8 Å². The molecule has 4 nitrogen and oxygen atoms in total. The highest BCUT2D eigenvalue weighted by molar-refractivity contribution is 5.84. The zero-order chi connectivity index (χ0) is 13.8. The Kier molecular flexibility index (Phi) is 5.17.